The van der Waals surface area contributed by atoms with Crippen molar-refractivity contribution in [2.75, 3.05) is 20.7 Å². The van der Waals surface area contributed by atoms with E-state index in [1.54, 1.807) is 12.1 Å². The number of nitrogens with one attached hydrogen (secondary N) is 1. The number of sulfonamides is 1. The molecule has 0 spiro atoms. The van der Waals surface area contributed by atoms with Crippen LogP contribution in [-0.4, -0.2) is 39.3 Å². The van der Waals surface area contributed by atoms with E-state index in [1.165, 1.54) is 29.7 Å². The summed E-state index contributed by atoms with van der Waals surface area (Å²) in [7, 11) is -0.425. The minimum absolute atomic E-state index is 0.0655. The van der Waals surface area contributed by atoms with Crippen molar-refractivity contribution in [1.82, 2.24) is 9.62 Å². The van der Waals surface area contributed by atoms with Crippen LogP contribution in [0.2, 0.25) is 0 Å². The Bertz CT molecular complexity index is 827. The molecule has 0 aliphatic rings. The summed E-state index contributed by atoms with van der Waals surface area (Å²) in [5, 5.41) is 2.83. The first-order chi connectivity index (χ1) is 12.3. The zero-order valence-corrected chi connectivity index (χ0v) is 16.8. The fraction of sp³-hybridized carbons (Fsp3) is 0.389. The maximum atomic E-state index is 12.0. The molecule has 0 aliphatic heterocycles. The van der Waals surface area contributed by atoms with Crippen molar-refractivity contribution >= 4 is 27.3 Å². The van der Waals surface area contributed by atoms with Crippen LogP contribution in [0.25, 0.3) is 0 Å². The van der Waals surface area contributed by atoms with Gasteiger partial charge >= 0.3 is 0 Å². The van der Waals surface area contributed by atoms with Crippen LogP contribution in [0, 0.1) is 0 Å². The predicted octanol–water partition coefficient (Wildman–Crippen LogP) is 2.65. The second-order valence-electron chi connectivity index (χ2n) is 5.86. The molecule has 1 heterocycles. The minimum Gasteiger partial charge on any atom is -0.494 e. The molecular formula is C18H24N2O4S2. The molecule has 6 nitrogen and oxygen atoms in total. The maximum Gasteiger partial charge on any atom is 0.252 e. The molecule has 0 atom stereocenters. The summed E-state index contributed by atoms with van der Waals surface area (Å²) in [6.07, 6.45) is 1.02. The van der Waals surface area contributed by atoms with Gasteiger partial charge in [-0.3, -0.25) is 4.79 Å². The third kappa shape index (κ3) is 5.55. The molecule has 0 saturated carbocycles. The average Bonchev–Trinajstić information content (AvgIpc) is 3.09. The molecule has 8 heteroatoms. The Hall–Kier alpha value is -1.90. The van der Waals surface area contributed by atoms with E-state index in [9.17, 15) is 13.2 Å². The lowest BCUT2D eigenvalue weighted by molar-refractivity contribution is -0.121. The van der Waals surface area contributed by atoms with Gasteiger partial charge in [0.05, 0.1) is 13.2 Å². The summed E-state index contributed by atoms with van der Waals surface area (Å²) in [6, 6.07) is 11.0. The number of carbonyl (C=O) groups is 1. The van der Waals surface area contributed by atoms with Crippen LogP contribution >= 0.6 is 11.3 Å². The second kappa shape index (κ2) is 9.16. The van der Waals surface area contributed by atoms with Crippen molar-refractivity contribution in [3.05, 3.63) is 46.8 Å². The highest BCUT2D eigenvalue weighted by Crippen LogP contribution is 2.23. The van der Waals surface area contributed by atoms with Gasteiger partial charge in [0.1, 0.15) is 9.96 Å². The highest BCUT2D eigenvalue weighted by molar-refractivity contribution is 7.91. The van der Waals surface area contributed by atoms with Gasteiger partial charge in [-0.15, -0.1) is 11.3 Å². The van der Waals surface area contributed by atoms with Gasteiger partial charge in [0.2, 0.25) is 5.91 Å². The molecule has 0 unspecified atom stereocenters. The van der Waals surface area contributed by atoms with E-state index in [1.807, 2.05) is 31.2 Å². The van der Waals surface area contributed by atoms with Crippen LogP contribution < -0.4 is 10.1 Å². The highest BCUT2D eigenvalue weighted by atomic mass is 32.2. The zero-order chi connectivity index (χ0) is 19.2. The van der Waals surface area contributed by atoms with Crippen molar-refractivity contribution < 1.29 is 17.9 Å². The normalized spacial score (nSPS) is 11.5. The molecule has 0 fully saturated rings. The number of rotatable bonds is 9. The van der Waals surface area contributed by atoms with Crippen LogP contribution in [0.4, 0.5) is 0 Å². The number of thiophene rings is 1. The topological polar surface area (TPSA) is 75.7 Å². The lowest BCUT2D eigenvalue weighted by Gasteiger charge is -2.08. The first-order valence-corrected chi connectivity index (χ1v) is 10.6. The largest absolute Gasteiger partial charge is 0.494 e. The second-order valence-corrected chi connectivity index (χ2v) is 9.41. The number of carbonyl (C=O) groups excluding carboxylic acids is 1. The molecule has 1 N–H and O–H groups in total. The fourth-order valence-corrected chi connectivity index (χ4v) is 4.69. The Balaban J connectivity index is 1.81. The number of nitrogens with zero attached hydrogens (tertiary/aromatic N) is 1. The van der Waals surface area contributed by atoms with E-state index in [0.29, 0.717) is 26.0 Å². The molecule has 142 valence electrons. The van der Waals surface area contributed by atoms with Gasteiger partial charge in [-0.2, -0.15) is 0 Å². The third-order valence-electron chi connectivity index (χ3n) is 3.71. The van der Waals surface area contributed by atoms with E-state index in [2.05, 4.69) is 5.32 Å². The number of hydrogen-bond donors (Lipinski definition) is 1. The van der Waals surface area contributed by atoms with Gasteiger partial charge in [0.15, 0.2) is 0 Å². The molecule has 1 aromatic heterocycles. The van der Waals surface area contributed by atoms with Crippen molar-refractivity contribution in [2.45, 2.75) is 30.5 Å². The van der Waals surface area contributed by atoms with Crippen molar-refractivity contribution in [3.8, 4) is 5.75 Å². The van der Waals surface area contributed by atoms with E-state index in [0.717, 1.165) is 16.2 Å². The van der Waals surface area contributed by atoms with Gasteiger partial charge in [-0.05, 0) is 43.2 Å². The number of aryl methyl sites for hydroxylation is 1. The average molecular weight is 397 g/mol. The van der Waals surface area contributed by atoms with Crippen molar-refractivity contribution in [1.29, 1.82) is 0 Å². The molecule has 2 aromatic rings. The summed E-state index contributed by atoms with van der Waals surface area (Å²) < 4.78 is 30.9. The van der Waals surface area contributed by atoms with E-state index >= 15 is 0 Å². The summed E-state index contributed by atoms with van der Waals surface area (Å²) in [5.74, 6) is 0.756. The molecular weight excluding hydrogens is 372 g/mol. The van der Waals surface area contributed by atoms with Crippen LogP contribution in [0.15, 0.2) is 40.6 Å². The van der Waals surface area contributed by atoms with Crippen LogP contribution in [0.3, 0.4) is 0 Å². The van der Waals surface area contributed by atoms with Crippen molar-refractivity contribution in [3.63, 3.8) is 0 Å². The predicted molar refractivity (Wildman–Crippen MR) is 103 cm³/mol. The Morgan fingerprint density at radius 1 is 1.15 bits per heavy atom. The van der Waals surface area contributed by atoms with Gasteiger partial charge in [-0.1, -0.05) is 12.1 Å². The van der Waals surface area contributed by atoms with Crippen molar-refractivity contribution in [2.24, 2.45) is 0 Å². The number of ether oxygens (including phenoxy) is 1. The van der Waals surface area contributed by atoms with Crippen LogP contribution in [0.1, 0.15) is 23.8 Å². The Morgan fingerprint density at radius 2 is 1.85 bits per heavy atom. The van der Waals surface area contributed by atoms with Crippen LogP contribution in [0.5, 0.6) is 5.75 Å². The summed E-state index contributed by atoms with van der Waals surface area (Å²) >= 11 is 1.17. The van der Waals surface area contributed by atoms with Gasteiger partial charge in [0.25, 0.3) is 10.0 Å². The SMILES string of the molecule is CCOc1ccc(CCC(=O)NCc2ccc(S(=O)(=O)N(C)C)s2)cc1. The summed E-state index contributed by atoms with van der Waals surface area (Å²) in [4.78, 5) is 12.8. The molecule has 26 heavy (non-hydrogen) atoms. The molecule has 2 rings (SSSR count). The Morgan fingerprint density at radius 3 is 2.46 bits per heavy atom. The summed E-state index contributed by atoms with van der Waals surface area (Å²) in [5.41, 5.74) is 1.07. The first-order valence-electron chi connectivity index (χ1n) is 8.32. The number of benzene rings is 1. The quantitative estimate of drug-likeness (QED) is 0.707. The first kappa shape index (κ1) is 20.4. The Labute approximate surface area is 158 Å². The minimum atomic E-state index is -3.42. The summed E-state index contributed by atoms with van der Waals surface area (Å²) in [6.45, 7) is 2.89. The van der Waals surface area contributed by atoms with E-state index in [4.69, 9.17) is 4.74 Å². The standard InChI is InChI=1S/C18H24N2O4S2/c1-4-24-15-8-5-14(6-9-15)7-11-17(21)19-13-16-10-12-18(25-16)26(22,23)20(2)3/h5-6,8-10,12H,4,7,11,13H2,1-3H3,(H,19,21). The van der Waals surface area contributed by atoms with E-state index in [-0.39, 0.29) is 10.1 Å². The third-order valence-corrected chi connectivity index (χ3v) is 7.07. The number of hydrogen-bond acceptors (Lipinski definition) is 5. The van der Waals surface area contributed by atoms with E-state index < -0.39 is 10.0 Å². The maximum absolute atomic E-state index is 12.0. The molecule has 1 aromatic carbocycles. The van der Waals surface area contributed by atoms with Gasteiger partial charge in [-0.25, -0.2) is 12.7 Å². The molecule has 0 radical (unpaired) electrons. The molecule has 0 saturated heterocycles. The molecule has 0 bridgehead atoms. The zero-order valence-electron chi connectivity index (χ0n) is 15.2. The smallest absolute Gasteiger partial charge is 0.252 e. The fourth-order valence-electron chi connectivity index (χ4n) is 2.22. The van der Waals surface area contributed by atoms with Gasteiger partial charge < -0.3 is 10.1 Å². The lowest BCUT2D eigenvalue weighted by Crippen LogP contribution is -2.22. The monoisotopic (exact) mass is 396 g/mol. The van der Waals surface area contributed by atoms with Crippen LogP contribution in [-0.2, 0) is 27.8 Å². The molecule has 0 aliphatic carbocycles. The molecule has 1 amide bonds. The number of amides is 1. The Kier molecular flexibility index (Phi) is 7.19. The van der Waals surface area contributed by atoms with Gasteiger partial charge in [0, 0.05) is 25.4 Å². The highest BCUT2D eigenvalue weighted by Gasteiger charge is 2.19. The lowest BCUT2D eigenvalue weighted by atomic mass is 10.1.